The van der Waals surface area contributed by atoms with E-state index in [1.54, 1.807) is 0 Å². The fourth-order valence-corrected chi connectivity index (χ4v) is 3.59. The molecule has 1 N–H and O–H groups in total. The number of hydrogen-bond acceptors (Lipinski definition) is 2. The molecule has 1 aromatic rings. The summed E-state index contributed by atoms with van der Waals surface area (Å²) in [5.41, 5.74) is 4.67. The van der Waals surface area contributed by atoms with E-state index in [0.717, 1.165) is 19.6 Å². The molecule has 1 aliphatic heterocycles. The number of piperazine rings is 1. The van der Waals surface area contributed by atoms with Gasteiger partial charge in [0.25, 0.3) is 0 Å². The second-order valence-corrected chi connectivity index (χ2v) is 8.55. The molecular formula is C19H32N2. The SMILES string of the molecule is Cc1cc(C)cc(CN2CC(C)(C)NCC2C(C)(C)C)c1. The molecule has 0 amide bonds. The highest BCUT2D eigenvalue weighted by atomic mass is 15.3. The van der Waals surface area contributed by atoms with Crippen LogP contribution >= 0.6 is 0 Å². The fraction of sp³-hybridized carbons (Fsp3) is 0.684. The highest BCUT2D eigenvalue weighted by Crippen LogP contribution is 2.30. The standard InChI is InChI=1S/C19H32N2/c1-14-8-15(2)10-16(9-14)12-21-13-19(6,7)20-11-17(21)18(3,4)5/h8-10,17,20H,11-13H2,1-7H3. The summed E-state index contributed by atoms with van der Waals surface area (Å²) in [4.78, 5) is 2.67. The quantitative estimate of drug-likeness (QED) is 0.888. The van der Waals surface area contributed by atoms with Gasteiger partial charge in [-0.15, -0.1) is 0 Å². The van der Waals surface area contributed by atoms with E-state index in [1.807, 2.05) is 0 Å². The highest BCUT2D eigenvalue weighted by Gasteiger charge is 2.38. The lowest BCUT2D eigenvalue weighted by molar-refractivity contribution is 0.0272. The molecule has 0 spiro atoms. The minimum absolute atomic E-state index is 0.195. The van der Waals surface area contributed by atoms with E-state index in [4.69, 9.17) is 0 Å². The Morgan fingerprint density at radius 1 is 1.14 bits per heavy atom. The highest BCUT2D eigenvalue weighted by molar-refractivity contribution is 5.28. The zero-order valence-corrected chi connectivity index (χ0v) is 14.9. The van der Waals surface area contributed by atoms with Crippen LogP contribution in [0.3, 0.4) is 0 Å². The van der Waals surface area contributed by atoms with Gasteiger partial charge >= 0.3 is 0 Å². The van der Waals surface area contributed by atoms with E-state index >= 15 is 0 Å². The molecule has 1 unspecified atom stereocenters. The molecule has 0 saturated carbocycles. The third-order valence-electron chi connectivity index (χ3n) is 4.48. The van der Waals surface area contributed by atoms with Crippen molar-refractivity contribution in [2.75, 3.05) is 13.1 Å². The van der Waals surface area contributed by atoms with Crippen molar-refractivity contribution in [1.82, 2.24) is 10.2 Å². The summed E-state index contributed by atoms with van der Waals surface area (Å²) >= 11 is 0. The number of rotatable bonds is 2. The van der Waals surface area contributed by atoms with Gasteiger partial charge in [0.1, 0.15) is 0 Å². The van der Waals surface area contributed by atoms with Crippen LogP contribution in [0.5, 0.6) is 0 Å². The van der Waals surface area contributed by atoms with Crippen molar-refractivity contribution < 1.29 is 0 Å². The average molecular weight is 288 g/mol. The molecule has 2 rings (SSSR count). The van der Waals surface area contributed by atoms with Crippen LogP contribution in [0.4, 0.5) is 0 Å². The van der Waals surface area contributed by atoms with Crippen LogP contribution in [-0.2, 0) is 6.54 Å². The number of hydrogen-bond donors (Lipinski definition) is 1. The zero-order chi connectivity index (χ0) is 15.8. The molecule has 1 fully saturated rings. The van der Waals surface area contributed by atoms with Crippen LogP contribution in [0.15, 0.2) is 18.2 Å². The summed E-state index contributed by atoms with van der Waals surface area (Å²) in [6.45, 7) is 19.3. The van der Waals surface area contributed by atoms with Crippen molar-refractivity contribution in [1.29, 1.82) is 0 Å². The number of benzene rings is 1. The summed E-state index contributed by atoms with van der Waals surface area (Å²) in [5, 5.41) is 3.71. The van der Waals surface area contributed by atoms with E-state index in [-0.39, 0.29) is 5.54 Å². The fourth-order valence-electron chi connectivity index (χ4n) is 3.59. The molecule has 21 heavy (non-hydrogen) atoms. The van der Waals surface area contributed by atoms with Gasteiger partial charge < -0.3 is 5.32 Å². The van der Waals surface area contributed by atoms with Gasteiger partial charge in [-0.3, -0.25) is 4.90 Å². The maximum atomic E-state index is 3.71. The van der Waals surface area contributed by atoms with Crippen molar-refractivity contribution in [3.05, 3.63) is 34.9 Å². The van der Waals surface area contributed by atoms with E-state index in [9.17, 15) is 0 Å². The predicted molar refractivity (Wildman–Crippen MR) is 91.7 cm³/mol. The molecular weight excluding hydrogens is 256 g/mol. The van der Waals surface area contributed by atoms with Crippen molar-refractivity contribution in [3.8, 4) is 0 Å². The molecule has 2 nitrogen and oxygen atoms in total. The Labute approximate surface area is 130 Å². The number of aryl methyl sites for hydroxylation is 2. The van der Waals surface area contributed by atoms with E-state index < -0.39 is 0 Å². The Kier molecular flexibility index (Phi) is 4.51. The van der Waals surface area contributed by atoms with Gasteiger partial charge in [0, 0.05) is 31.2 Å². The summed E-state index contributed by atoms with van der Waals surface area (Å²) in [7, 11) is 0. The second kappa shape index (κ2) is 5.73. The maximum absolute atomic E-state index is 3.71. The van der Waals surface area contributed by atoms with Crippen LogP contribution in [0.1, 0.15) is 51.3 Å². The first kappa shape index (κ1) is 16.5. The Morgan fingerprint density at radius 2 is 1.71 bits per heavy atom. The first-order valence-electron chi connectivity index (χ1n) is 8.13. The van der Waals surface area contributed by atoms with Crippen LogP contribution in [0.25, 0.3) is 0 Å². The molecule has 0 aromatic heterocycles. The van der Waals surface area contributed by atoms with E-state index in [1.165, 1.54) is 16.7 Å². The van der Waals surface area contributed by atoms with Gasteiger partial charge in [-0.2, -0.15) is 0 Å². The molecule has 1 aromatic carbocycles. The van der Waals surface area contributed by atoms with Crippen molar-refractivity contribution in [3.63, 3.8) is 0 Å². The lowest BCUT2D eigenvalue weighted by Crippen LogP contribution is -2.64. The molecule has 0 aliphatic carbocycles. The van der Waals surface area contributed by atoms with Gasteiger partial charge in [0.2, 0.25) is 0 Å². The third-order valence-corrected chi connectivity index (χ3v) is 4.48. The molecule has 0 radical (unpaired) electrons. The first-order valence-corrected chi connectivity index (χ1v) is 8.13. The van der Waals surface area contributed by atoms with E-state index in [0.29, 0.717) is 11.5 Å². The third kappa shape index (κ3) is 4.31. The molecule has 0 bridgehead atoms. The number of nitrogens with one attached hydrogen (secondary N) is 1. The van der Waals surface area contributed by atoms with Crippen LogP contribution < -0.4 is 5.32 Å². The average Bonchev–Trinajstić information content (AvgIpc) is 2.23. The Balaban J connectivity index is 2.23. The van der Waals surface area contributed by atoms with Gasteiger partial charge in [-0.25, -0.2) is 0 Å². The number of nitrogens with zero attached hydrogens (tertiary/aromatic N) is 1. The maximum Gasteiger partial charge on any atom is 0.0273 e. The monoisotopic (exact) mass is 288 g/mol. The lowest BCUT2D eigenvalue weighted by atomic mass is 9.82. The minimum Gasteiger partial charge on any atom is -0.309 e. The van der Waals surface area contributed by atoms with Gasteiger partial charge in [0.15, 0.2) is 0 Å². The molecule has 118 valence electrons. The van der Waals surface area contributed by atoms with Gasteiger partial charge in [0.05, 0.1) is 0 Å². The second-order valence-electron chi connectivity index (χ2n) is 8.55. The van der Waals surface area contributed by atoms with Gasteiger partial charge in [-0.05, 0) is 38.7 Å². The van der Waals surface area contributed by atoms with Crippen molar-refractivity contribution in [2.24, 2.45) is 5.41 Å². The van der Waals surface area contributed by atoms with E-state index in [2.05, 4.69) is 76.9 Å². The summed E-state index contributed by atoms with van der Waals surface area (Å²) in [6.07, 6.45) is 0. The van der Waals surface area contributed by atoms with Crippen molar-refractivity contribution >= 4 is 0 Å². The smallest absolute Gasteiger partial charge is 0.0273 e. The summed E-state index contributed by atoms with van der Waals surface area (Å²) in [6, 6.07) is 7.50. The summed E-state index contributed by atoms with van der Waals surface area (Å²) < 4.78 is 0. The molecule has 2 heteroatoms. The molecule has 1 heterocycles. The normalized spacial score (nSPS) is 23.3. The zero-order valence-electron chi connectivity index (χ0n) is 14.9. The Morgan fingerprint density at radius 3 is 2.24 bits per heavy atom. The molecule has 1 atom stereocenters. The minimum atomic E-state index is 0.195. The first-order chi connectivity index (χ1) is 9.57. The predicted octanol–water partition coefficient (Wildman–Crippen LogP) is 3.90. The largest absolute Gasteiger partial charge is 0.309 e. The molecule has 1 saturated heterocycles. The van der Waals surface area contributed by atoms with Crippen LogP contribution in [-0.4, -0.2) is 29.6 Å². The van der Waals surface area contributed by atoms with Crippen LogP contribution in [0, 0.1) is 19.3 Å². The van der Waals surface area contributed by atoms with Crippen LogP contribution in [0.2, 0.25) is 0 Å². The molecule has 1 aliphatic rings. The Hall–Kier alpha value is -0.860. The Bertz CT molecular complexity index is 477. The topological polar surface area (TPSA) is 15.3 Å². The summed E-state index contributed by atoms with van der Waals surface area (Å²) in [5.74, 6) is 0. The van der Waals surface area contributed by atoms with Gasteiger partial charge in [-0.1, -0.05) is 50.1 Å². The lowest BCUT2D eigenvalue weighted by Gasteiger charge is -2.49. The van der Waals surface area contributed by atoms with Crippen molar-refractivity contribution in [2.45, 2.75) is 66.6 Å².